The number of hydrogen-bond donors (Lipinski definition) is 2. The monoisotopic (exact) mass is 351 g/mol. The Morgan fingerprint density at radius 1 is 1.29 bits per heavy atom. The molecule has 7 heteroatoms. The van der Waals surface area contributed by atoms with E-state index in [-0.39, 0.29) is 6.03 Å². The summed E-state index contributed by atoms with van der Waals surface area (Å²) in [6.45, 7) is 5.84. The Morgan fingerprint density at radius 2 is 2.00 bits per heavy atom. The molecule has 0 bridgehead atoms. The van der Waals surface area contributed by atoms with Gasteiger partial charge in [-0.2, -0.15) is 11.8 Å². The number of thioether (sulfide) groups is 1. The zero-order valence-electron chi connectivity index (χ0n) is 14.2. The van der Waals surface area contributed by atoms with Crippen molar-refractivity contribution in [3.8, 4) is 0 Å². The van der Waals surface area contributed by atoms with Crippen LogP contribution in [0.1, 0.15) is 17.2 Å². The lowest BCUT2D eigenvalue weighted by atomic mass is 10.0. The summed E-state index contributed by atoms with van der Waals surface area (Å²) in [4.78, 5) is 28.0. The number of aryl methyl sites for hydroxylation is 1. The molecule has 0 radical (unpaired) electrons. The SMILES string of the molecule is CSCCN1CCN(C(=O)NC(C(=O)O)c2cccc(C)c2)CC1. The Kier molecular flexibility index (Phi) is 6.93. The fraction of sp³-hybridized carbons (Fsp3) is 0.529. The van der Waals surface area contributed by atoms with Crippen LogP contribution in [0.15, 0.2) is 24.3 Å². The average Bonchev–Trinajstić information content (AvgIpc) is 2.57. The molecule has 1 aromatic carbocycles. The normalized spacial score (nSPS) is 16.7. The summed E-state index contributed by atoms with van der Waals surface area (Å²) < 4.78 is 0. The number of carbonyl (C=O) groups is 2. The second kappa shape index (κ2) is 8.94. The Balaban J connectivity index is 1.93. The van der Waals surface area contributed by atoms with Crippen LogP contribution in [0.25, 0.3) is 0 Å². The van der Waals surface area contributed by atoms with Crippen molar-refractivity contribution >= 4 is 23.8 Å². The third kappa shape index (κ3) is 5.14. The number of urea groups is 1. The quantitative estimate of drug-likeness (QED) is 0.818. The molecule has 1 atom stereocenters. The third-order valence-corrected chi connectivity index (χ3v) is 4.75. The molecule has 0 aliphatic carbocycles. The lowest BCUT2D eigenvalue weighted by molar-refractivity contribution is -0.139. The van der Waals surface area contributed by atoms with Crippen molar-refractivity contribution in [1.29, 1.82) is 0 Å². The van der Waals surface area contributed by atoms with Crippen molar-refractivity contribution in [3.63, 3.8) is 0 Å². The molecule has 1 fully saturated rings. The molecule has 0 saturated carbocycles. The molecule has 1 aromatic rings. The van der Waals surface area contributed by atoms with Gasteiger partial charge in [-0.15, -0.1) is 0 Å². The third-order valence-electron chi connectivity index (χ3n) is 4.16. The molecule has 0 aromatic heterocycles. The van der Waals surface area contributed by atoms with Gasteiger partial charge in [0.15, 0.2) is 6.04 Å². The number of piperazine rings is 1. The largest absolute Gasteiger partial charge is 0.479 e. The van der Waals surface area contributed by atoms with Gasteiger partial charge in [0.05, 0.1) is 0 Å². The summed E-state index contributed by atoms with van der Waals surface area (Å²) in [6.07, 6.45) is 2.08. The molecule has 1 heterocycles. The van der Waals surface area contributed by atoms with Gasteiger partial charge in [0.25, 0.3) is 0 Å². The highest BCUT2D eigenvalue weighted by atomic mass is 32.2. The molecule has 1 aliphatic heterocycles. The predicted octanol–water partition coefficient (Wildman–Crippen LogP) is 1.81. The first-order chi connectivity index (χ1) is 11.5. The van der Waals surface area contributed by atoms with E-state index in [0.29, 0.717) is 18.7 Å². The van der Waals surface area contributed by atoms with Gasteiger partial charge in [0.1, 0.15) is 0 Å². The Bertz CT molecular complexity index is 574. The van der Waals surface area contributed by atoms with E-state index in [1.165, 1.54) is 0 Å². The maximum atomic E-state index is 12.4. The van der Waals surface area contributed by atoms with E-state index in [9.17, 15) is 14.7 Å². The lowest BCUT2D eigenvalue weighted by Crippen LogP contribution is -2.53. The molecule has 132 valence electrons. The topological polar surface area (TPSA) is 72.9 Å². The van der Waals surface area contributed by atoms with E-state index in [0.717, 1.165) is 31.0 Å². The molecule has 0 spiro atoms. The van der Waals surface area contributed by atoms with E-state index in [4.69, 9.17) is 0 Å². The number of nitrogens with zero attached hydrogens (tertiary/aromatic N) is 2. The van der Waals surface area contributed by atoms with Crippen LogP contribution in [0.5, 0.6) is 0 Å². The van der Waals surface area contributed by atoms with Crippen molar-refractivity contribution in [1.82, 2.24) is 15.1 Å². The molecular weight excluding hydrogens is 326 g/mol. The minimum absolute atomic E-state index is 0.312. The van der Waals surface area contributed by atoms with Crippen LogP contribution in [-0.4, -0.2) is 71.6 Å². The van der Waals surface area contributed by atoms with E-state index in [1.54, 1.807) is 23.1 Å². The number of aliphatic carboxylic acids is 1. The maximum absolute atomic E-state index is 12.4. The van der Waals surface area contributed by atoms with Crippen LogP contribution in [0.2, 0.25) is 0 Å². The number of amides is 2. The minimum atomic E-state index is -1.05. The average molecular weight is 351 g/mol. The summed E-state index contributed by atoms with van der Waals surface area (Å²) in [5.74, 6) is 0.0354. The van der Waals surface area contributed by atoms with Crippen molar-refractivity contribution in [3.05, 3.63) is 35.4 Å². The molecule has 1 unspecified atom stereocenters. The van der Waals surface area contributed by atoms with Gasteiger partial charge in [0, 0.05) is 38.5 Å². The van der Waals surface area contributed by atoms with E-state index in [1.807, 2.05) is 24.8 Å². The van der Waals surface area contributed by atoms with Crippen LogP contribution < -0.4 is 5.32 Å². The standard InChI is InChI=1S/C17H25N3O3S/c1-13-4-3-5-14(12-13)15(16(21)22)18-17(23)20-8-6-19(7-9-20)10-11-24-2/h3-5,12,15H,6-11H2,1-2H3,(H,18,23)(H,21,22). The molecule has 6 nitrogen and oxygen atoms in total. The van der Waals surface area contributed by atoms with Crippen LogP contribution in [-0.2, 0) is 4.79 Å². The minimum Gasteiger partial charge on any atom is -0.479 e. The number of hydrogen-bond acceptors (Lipinski definition) is 4. The van der Waals surface area contributed by atoms with Crippen LogP contribution in [0.4, 0.5) is 4.79 Å². The molecule has 2 N–H and O–H groups in total. The zero-order valence-corrected chi connectivity index (χ0v) is 15.0. The van der Waals surface area contributed by atoms with Gasteiger partial charge in [0.2, 0.25) is 0 Å². The van der Waals surface area contributed by atoms with E-state index < -0.39 is 12.0 Å². The molecule has 2 rings (SSSR count). The molecule has 1 aliphatic rings. The number of rotatable bonds is 6. The summed E-state index contributed by atoms with van der Waals surface area (Å²) >= 11 is 1.81. The summed E-state index contributed by atoms with van der Waals surface area (Å²) in [5.41, 5.74) is 1.56. The lowest BCUT2D eigenvalue weighted by Gasteiger charge is -2.35. The second-order valence-electron chi connectivity index (χ2n) is 5.96. The van der Waals surface area contributed by atoms with Crippen LogP contribution in [0.3, 0.4) is 0 Å². The number of carbonyl (C=O) groups excluding carboxylic acids is 1. The second-order valence-corrected chi connectivity index (χ2v) is 6.94. The number of benzene rings is 1. The summed E-state index contributed by atoms with van der Waals surface area (Å²) in [6, 6.07) is 5.89. The van der Waals surface area contributed by atoms with Gasteiger partial charge in [-0.1, -0.05) is 29.8 Å². The highest BCUT2D eigenvalue weighted by Gasteiger charge is 2.26. The van der Waals surface area contributed by atoms with Gasteiger partial charge < -0.3 is 15.3 Å². The first-order valence-electron chi connectivity index (χ1n) is 8.07. The first-order valence-corrected chi connectivity index (χ1v) is 9.46. The zero-order chi connectivity index (χ0) is 17.5. The highest BCUT2D eigenvalue weighted by Crippen LogP contribution is 2.16. The fourth-order valence-electron chi connectivity index (χ4n) is 2.75. The summed E-state index contributed by atoms with van der Waals surface area (Å²) in [5, 5.41) is 12.1. The fourth-order valence-corrected chi connectivity index (χ4v) is 3.19. The maximum Gasteiger partial charge on any atom is 0.330 e. The number of carboxylic acid groups (broad SMARTS) is 1. The number of carboxylic acids is 1. The van der Waals surface area contributed by atoms with Gasteiger partial charge in [-0.25, -0.2) is 9.59 Å². The van der Waals surface area contributed by atoms with Gasteiger partial charge in [-0.3, -0.25) is 4.90 Å². The Morgan fingerprint density at radius 3 is 2.58 bits per heavy atom. The van der Waals surface area contributed by atoms with Crippen molar-refractivity contribution in [2.24, 2.45) is 0 Å². The van der Waals surface area contributed by atoms with Crippen molar-refractivity contribution in [2.45, 2.75) is 13.0 Å². The Hall–Kier alpha value is -1.73. The van der Waals surface area contributed by atoms with Crippen LogP contribution in [0, 0.1) is 6.92 Å². The molecule has 2 amide bonds. The molecular formula is C17H25N3O3S. The smallest absolute Gasteiger partial charge is 0.330 e. The van der Waals surface area contributed by atoms with Crippen molar-refractivity contribution in [2.75, 3.05) is 44.7 Å². The Labute approximate surface area is 147 Å². The highest BCUT2D eigenvalue weighted by molar-refractivity contribution is 7.98. The summed E-state index contributed by atoms with van der Waals surface area (Å²) in [7, 11) is 0. The van der Waals surface area contributed by atoms with E-state index in [2.05, 4.69) is 16.5 Å². The van der Waals surface area contributed by atoms with Crippen LogP contribution >= 0.6 is 11.8 Å². The molecule has 1 saturated heterocycles. The predicted molar refractivity (Wildman–Crippen MR) is 96.5 cm³/mol. The first kappa shape index (κ1) is 18.6. The van der Waals surface area contributed by atoms with Crippen molar-refractivity contribution < 1.29 is 14.7 Å². The van der Waals surface area contributed by atoms with Gasteiger partial charge in [-0.05, 0) is 18.7 Å². The van der Waals surface area contributed by atoms with Gasteiger partial charge >= 0.3 is 12.0 Å². The molecule has 24 heavy (non-hydrogen) atoms. The van der Waals surface area contributed by atoms with E-state index >= 15 is 0 Å². The number of nitrogens with one attached hydrogen (secondary N) is 1.